The van der Waals surface area contributed by atoms with Crippen LogP contribution < -0.4 is 5.32 Å². The van der Waals surface area contributed by atoms with Crippen molar-refractivity contribution < 1.29 is 14.6 Å². The van der Waals surface area contributed by atoms with Gasteiger partial charge in [-0.05, 0) is 26.3 Å². The van der Waals surface area contributed by atoms with Crippen molar-refractivity contribution >= 4 is 5.91 Å². The van der Waals surface area contributed by atoms with Gasteiger partial charge in [0.15, 0.2) is 0 Å². The molecule has 0 radical (unpaired) electrons. The molecule has 1 heterocycles. The van der Waals surface area contributed by atoms with Gasteiger partial charge in [-0.15, -0.1) is 0 Å². The zero-order chi connectivity index (χ0) is 15.2. The first kappa shape index (κ1) is 17.4. The van der Waals surface area contributed by atoms with Crippen molar-refractivity contribution in [2.75, 3.05) is 33.4 Å². The summed E-state index contributed by atoms with van der Waals surface area (Å²) in [5, 5.41) is 13.4. The van der Waals surface area contributed by atoms with E-state index in [1.54, 1.807) is 0 Å². The number of carbonyl (C=O) groups excluding carboxylic acids is 1. The Kier molecular flexibility index (Phi) is 6.92. The first-order valence-corrected chi connectivity index (χ1v) is 7.62. The number of rotatable bonds is 7. The van der Waals surface area contributed by atoms with Gasteiger partial charge in [0.1, 0.15) is 0 Å². The van der Waals surface area contributed by atoms with Crippen LogP contribution in [-0.2, 0) is 9.53 Å². The number of likely N-dealkylation sites (N-methyl/N-ethyl adjacent to an activating group) is 1. The Morgan fingerprint density at radius 2 is 1.95 bits per heavy atom. The van der Waals surface area contributed by atoms with Crippen LogP contribution in [0.3, 0.4) is 0 Å². The molecule has 5 nitrogen and oxygen atoms in total. The number of ether oxygens (including phenoxy) is 1. The van der Waals surface area contributed by atoms with E-state index in [9.17, 15) is 9.90 Å². The molecular formula is C15H30N2O3. The fourth-order valence-corrected chi connectivity index (χ4v) is 2.34. The molecule has 0 aromatic rings. The van der Waals surface area contributed by atoms with Crippen molar-refractivity contribution in [1.82, 2.24) is 10.2 Å². The van der Waals surface area contributed by atoms with Gasteiger partial charge in [-0.25, -0.2) is 0 Å². The normalized spacial score (nSPS) is 20.1. The zero-order valence-corrected chi connectivity index (χ0v) is 13.3. The van der Waals surface area contributed by atoms with Gasteiger partial charge >= 0.3 is 0 Å². The van der Waals surface area contributed by atoms with Crippen LogP contribution >= 0.6 is 0 Å². The molecular weight excluding hydrogens is 256 g/mol. The average Bonchev–Trinajstić information content (AvgIpc) is 2.37. The van der Waals surface area contributed by atoms with E-state index in [1.165, 1.54) is 0 Å². The maximum atomic E-state index is 12.1. The van der Waals surface area contributed by atoms with Gasteiger partial charge in [0.2, 0.25) is 5.91 Å². The van der Waals surface area contributed by atoms with Crippen LogP contribution in [0.2, 0.25) is 0 Å². The highest BCUT2D eigenvalue weighted by Gasteiger charge is 2.33. The SMILES string of the molecule is CC(C)CCNC(=O)C(C)N(C)CC1(O)CCOCC1. The number of nitrogens with one attached hydrogen (secondary N) is 1. The fourth-order valence-electron chi connectivity index (χ4n) is 2.34. The van der Waals surface area contributed by atoms with Crippen LogP contribution in [0.1, 0.15) is 40.0 Å². The average molecular weight is 286 g/mol. The first-order valence-electron chi connectivity index (χ1n) is 7.62. The smallest absolute Gasteiger partial charge is 0.237 e. The van der Waals surface area contributed by atoms with Crippen LogP contribution in [0.25, 0.3) is 0 Å². The third kappa shape index (κ3) is 5.77. The van der Waals surface area contributed by atoms with E-state index in [1.807, 2.05) is 18.9 Å². The van der Waals surface area contributed by atoms with Gasteiger partial charge < -0.3 is 15.2 Å². The molecule has 1 aliphatic heterocycles. The van der Waals surface area contributed by atoms with E-state index in [2.05, 4.69) is 19.2 Å². The van der Waals surface area contributed by atoms with Crippen LogP contribution in [-0.4, -0.2) is 60.9 Å². The van der Waals surface area contributed by atoms with Gasteiger partial charge in [-0.1, -0.05) is 13.8 Å². The molecule has 1 aliphatic rings. The Bertz CT molecular complexity index is 301. The molecule has 0 aliphatic carbocycles. The molecule has 0 spiro atoms. The molecule has 5 heteroatoms. The van der Waals surface area contributed by atoms with Gasteiger partial charge in [0.05, 0.1) is 11.6 Å². The summed E-state index contributed by atoms with van der Waals surface area (Å²) < 4.78 is 5.27. The summed E-state index contributed by atoms with van der Waals surface area (Å²) in [4.78, 5) is 14.0. The van der Waals surface area contributed by atoms with Crippen molar-refractivity contribution in [3.8, 4) is 0 Å². The molecule has 1 fully saturated rings. The molecule has 2 N–H and O–H groups in total. The Morgan fingerprint density at radius 1 is 1.35 bits per heavy atom. The minimum Gasteiger partial charge on any atom is -0.388 e. The first-order chi connectivity index (χ1) is 9.34. The maximum Gasteiger partial charge on any atom is 0.237 e. The van der Waals surface area contributed by atoms with E-state index < -0.39 is 5.60 Å². The van der Waals surface area contributed by atoms with Crippen molar-refractivity contribution in [3.63, 3.8) is 0 Å². The Labute approximate surface area is 122 Å². The molecule has 20 heavy (non-hydrogen) atoms. The third-order valence-electron chi connectivity index (χ3n) is 4.03. The highest BCUT2D eigenvalue weighted by atomic mass is 16.5. The lowest BCUT2D eigenvalue weighted by Crippen LogP contribution is -2.51. The summed E-state index contributed by atoms with van der Waals surface area (Å²) in [6, 6.07) is -0.228. The van der Waals surface area contributed by atoms with E-state index in [-0.39, 0.29) is 11.9 Å². The maximum absolute atomic E-state index is 12.1. The predicted molar refractivity (Wildman–Crippen MR) is 79.6 cm³/mol. The van der Waals surface area contributed by atoms with Crippen LogP contribution in [0.4, 0.5) is 0 Å². The molecule has 1 atom stereocenters. The Balaban J connectivity index is 2.37. The highest BCUT2D eigenvalue weighted by Crippen LogP contribution is 2.21. The molecule has 0 bridgehead atoms. The molecule has 1 rings (SSSR count). The lowest BCUT2D eigenvalue weighted by molar-refractivity contribution is -0.128. The molecule has 1 amide bonds. The summed E-state index contributed by atoms with van der Waals surface area (Å²) in [6.07, 6.45) is 2.27. The molecule has 0 aromatic heterocycles. The van der Waals surface area contributed by atoms with Crippen LogP contribution in [0.5, 0.6) is 0 Å². The largest absolute Gasteiger partial charge is 0.388 e. The number of hydrogen-bond donors (Lipinski definition) is 2. The van der Waals surface area contributed by atoms with E-state index in [0.29, 0.717) is 45.1 Å². The molecule has 1 saturated heterocycles. The quantitative estimate of drug-likeness (QED) is 0.733. The van der Waals surface area contributed by atoms with Crippen LogP contribution in [0, 0.1) is 5.92 Å². The summed E-state index contributed by atoms with van der Waals surface area (Å²) in [7, 11) is 1.89. The monoisotopic (exact) mass is 286 g/mol. The molecule has 0 saturated carbocycles. The number of carbonyl (C=O) groups is 1. The minimum absolute atomic E-state index is 0.0313. The van der Waals surface area contributed by atoms with E-state index in [0.717, 1.165) is 6.42 Å². The second-order valence-electron chi connectivity index (χ2n) is 6.40. The highest BCUT2D eigenvalue weighted by molar-refractivity contribution is 5.81. The fraction of sp³-hybridized carbons (Fsp3) is 0.933. The summed E-state index contributed by atoms with van der Waals surface area (Å²) in [5.41, 5.74) is -0.723. The summed E-state index contributed by atoms with van der Waals surface area (Å²) >= 11 is 0. The third-order valence-corrected chi connectivity index (χ3v) is 4.03. The van der Waals surface area contributed by atoms with E-state index in [4.69, 9.17) is 4.74 Å². The number of nitrogens with zero attached hydrogens (tertiary/aromatic N) is 1. The van der Waals surface area contributed by atoms with Gasteiger partial charge in [0, 0.05) is 39.1 Å². The number of hydrogen-bond acceptors (Lipinski definition) is 4. The topological polar surface area (TPSA) is 61.8 Å². The molecule has 118 valence electrons. The minimum atomic E-state index is -0.723. The number of amides is 1. The number of aliphatic hydroxyl groups is 1. The lowest BCUT2D eigenvalue weighted by atomic mass is 9.93. The standard InChI is InChI=1S/C15H30N2O3/c1-12(2)5-8-16-14(18)13(3)17(4)11-15(19)6-9-20-10-7-15/h12-13,19H,5-11H2,1-4H3,(H,16,18). The molecule has 0 aromatic carbocycles. The van der Waals surface area contributed by atoms with Crippen molar-refractivity contribution in [3.05, 3.63) is 0 Å². The second-order valence-corrected chi connectivity index (χ2v) is 6.40. The Hall–Kier alpha value is -0.650. The van der Waals surface area contributed by atoms with Crippen molar-refractivity contribution in [2.24, 2.45) is 5.92 Å². The second kappa shape index (κ2) is 7.96. The van der Waals surface area contributed by atoms with E-state index >= 15 is 0 Å². The Morgan fingerprint density at radius 3 is 2.50 bits per heavy atom. The summed E-state index contributed by atoms with van der Waals surface area (Å²) in [5.74, 6) is 0.620. The van der Waals surface area contributed by atoms with Gasteiger partial charge in [-0.3, -0.25) is 9.69 Å². The van der Waals surface area contributed by atoms with Crippen molar-refractivity contribution in [2.45, 2.75) is 51.7 Å². The van der Waals surface area contributed by atoms with Gasteiger partial charge in [-0.2, -0.15) is 0 Å². The predicted octanol–water partition coefficient (Wildman–Crippen LogP) is 1.01. The lowest BCUT2D eigenvalue weighted by Gasteiger charge is -2.37. The van der Waals surface area contributed by atoms with Gasteiger partial charge in [0.25, 0.3) is 0 Å². The van der Waals surface area contributed by atoms with Crippen LogP contribution in [0.15, 0.2) is 0 Å². The zero-order valence-electron chi connectivity index (χ0n) is 13.3. The molecule has 1 unspecified atom stereocenters. The van der Waals surface area contributed by atoms with Crippen molar-refractivity contribution in [1.29, 1.82) is 0 Å². The summed E-state index contributed by atoms with van der Waals surface area (Å²) in [6.45, 7) is 8.58.